The van der Waals surface area contributed by atoms with Gasteiger partial charge in [-0.3, -0.25) is 9.69 Å². The van der Waals surface area contributed by atoms with Crippen LogP contribution in [0.2, 0.25) is 0 Å². The number of hydrogen-bond donors (Lipinski definition) is 1. The summed E-state index contributed by atoms with van der Waals surface area (Å²) in [6.07, 6.45) is 5.06. The number of Topliss-reactive ketones (excluding diaryl/α,β-unsaturated/α-hetero) is 1. The Kier molecular flexibility index (Phi) is 29.1. The fraction of sp³-hybridized carbons (Fsp3) is 0.568. The molecule has 3 aliphatic rings. The number of carbonyl (C=O) groups excluding carboxylic acids is 3. The van der Waals surface area contributed by atoms with Crippen LogP contribution >= 0.6 is 27.0 Å². The second-order valence-corrected chi connectivity index (χ2v) is 14.0. The van der Waals surface area contributed by atoms with Crippen LogP contribution in [0.25, 0.3) is 0 Å². The summed E-state index contributed by atoms with van der Waals surface area (Å²) in [4.78, 5) is 38.7. The predicted octanol–water partition coefficient (Wildman–Crippen LogP) is 0.530. The van der Waals surface area contributed by atoms with Gasteiger partial charge >= 0.3 is 58.3 Å². The minimum atomic E-state index is -0.940. The van der Waals surface area contributed by atoms with Gasteiger partial charge in [-0.25, -0.2) is 9.59 Å². The molecule has 8 nitrogen and oxygen atoms in total. The Morgan fingerprint density at radius 3 is 1.86 bits per heavy atom. The predicted molar refractivity (Wildman–Crippen MR) is 208 cm³/mol. The number of benzene rings is 2. The van der Waals surface area contributed by atoms with E-state index in [4.69, 9.17) is 9.47 Å². The number of ketones is 1. The average Bonchev–Trinajstić information content (AvgIpc) is 3.72. The van der Waals surface area contributed by atoms with Gasteiger partial charge in [0.05, 0.1) is 12.1 Å². The third kappa shape index (κ3) is 17.4. The molecule has 2 heterocycles. The van der Waals surface area contributed by atoms with E-state index in [-0.39, 0.29) is 137 Å². The van der Waals surface area contributed by atoms with E-state index in [1.807, 2.05) is 84.0 Å². The van der Waals surface area contributed by atoms with E-state index in [0.29, 0.717) is 19.5 Å². The number of fused-ring (bicyclic) bond motifs is 1. The molecule has 0 spiro atoms. The Bertz CT molecular complexity index is 1320. The van der Waals surface area contributed by atoms with Gasteiger partial charge < -0.3 is 60.4 Å². The van der Waals surface area contributed by atoms with Gasteiger partial charge in [-0.15, -0.1) is 0 Å². The largest absolute Gasteiger partial charge is 2.00 e. The molecule has 2 fully saturated rings. The van der Waals surface area contributed by atoms with Crippen LogP contribution in [-0.2, 0) is 32.7 Å². The van der Waals surface area contributed by atoms with E-state index < -0.39 is 16.8 Å². The molecule has 2 amide bonds. The summed E-state index contributed by atoms with van der Waals surface area (Å²) in [7, 11) is 0. The Morgan fingerprint density at radius 1 is 0.863 bits per heavy atom. The first-order valence-corrected chi connectivity index (χ1v) is 16.1. The first-order chi connectivity index (χ1) is 21.1. The molecular formula is C37H56Br2Mg2N2O6S2. The van der Waals surface area contributed by atoms with E-state index in [9.17, 15) is 19.5 Å². The maximum Gasteiger partial charge on any atom is 2.00 e. The van der Waals surface area contributed by atoms with Crippen LogP contribution in [0.3, 0.4) is 0 Å². The number of rotatable bonds is 3. The van der Waals surface area contributed by atoms with Gasteiger partial charge in [-0.1, -0.05) is 24.3 Å². The number of ether oxygens (including phenoxy) is 2. The third-order valence-corrected chi connectivity index (χ3v) is 8.08. The van der Waals surface area contributed by atoms with E-state index in [0.717, 1.165) is 44.1 Å². The van der Waals surface area contributed by atoms with Gasteiger partial charge in [0.15, 0.2) is 5.78 Å². The van der Waals surface area contributed by atoms with Crippen LogP contribution in [-0.4, -0.2) is 115 Å². The van der Waals surface area contributed by atoms with Gasteiger partial charge in [0.1, 0.15) is 16.8 Å². The summed E-state index contributed by atoms with van der Waals surface area (Å²) in [5.41, 5.74) is 1.40. The molecule has 14 heteroatoms. The third-order valence-electron chi connectivity index (χ3n) is 8.08. The minimum absolute atomic E-state index is 0. The fourth-order valence-corrected chi connectivity index (χ4v) is 6.08. The molecule has 0 saturated carbocycles. The molecular weight excluding hydrogens is 841 g/mol. The molecule has 1 N–H and O–H groups in total. The first-order valence-electron chi connectivity index (χ1n) is 16.1. The summed E-state index contributed by atoms with van der Waals surface area (Å²) >= 11 is 0. The zero-order chi connectivity index (χ0) is 33.4. The summed E-state index contributed by atoms with van der Waals surface area (Å²) in [6, 6.07) is 18.5. The van der Waals surface area contributed by atoms with Crippen molar-refractivity contribution in [2.24, 2.45) is 0 Å². The van der Waals surface area contributed by atoms with Crippen molar-refractivity contribution in [3.8, 4) is 0 Å². The van der Waals surface area contributed by atoms with Gasteiger partial charge in [0.2, 0.25) is 0 Å². The second kappa shape index (κ2) is 25.8. The number of carbonyl (C=O) groups is 3. The van der Waals surface area contributed by atoms with Crippen LogP contribution in [0.5, 0.6) is 0 Å². The molecule has 2 aliphatic heterocycles. The summed E-state index contributed by atoms with van der Waals surface area (Å²) in [6.45, 7) is 17.6. The molecule has 280 valence electrons. The second-order valence-electron chi connectivity index (χ2n) is 14.0. The Labute approximate surface area is 374 Å². The van der Waals surface area contributed by atoms with Crippen molar-refractivity contribution < 1.29 is 62.9 Å². The quantitative estimate of drug-likeness (QED) is 0.358. The zero-order valence-electron chi connectivity index (χ0n) is 31.4. The number of halogens is 2. The van der Waals surface area contributed by atoms with Crippen LogP contribution < -0.4 is 34.0 Å². The van der Waals surface area contributed by atoms with Crippen LogP contribution in [0, 0.1) is 13.0 Å². The number of amides is 2. The summed E-state index contributed by atoms with van der Waals surface area (Å²) < 4.78 is 10.8. The Morgan fingerprint density at radius 2 is 1.37 bits per heavy atom. The van der Waals surface area contributed by atoms with E-state index in [1.165, 1.54) is 23.0 Å². The van der Waals surface area contributed by atoms with Crippen LogP contribution in [0.15, 0.2) is 48.5 Å². The number of aryl methyl sites for hydroxylation is 1. The Hall–Kier alpha value is -0.198. The normalized spacial score (nSPS) is 19.8. The standard InChI is InChI=1S/C18H25NO3.C11H19NO3.C8H8.2BrH.2Mg.2H2S/c1-17(2,3)22-16(20)19-12-6-9-15(19)18(21)11-10-13-7-4-5-8-14(13)18;1-8(13)9-6-5-7-12(9)10(14)15-11(2,3)4;1-2-8-6-4-3-5-7-8;;;;;;/h4-5,7-8,15,21H,6,9-12H2,1-3H3;9H,5-7H2,1-4H3;3-6H,1-2H2;2*1H;;;2*1H2/q;;-2;;;2*+2;;/p-2/t15-,18?;9-;;;;;;;/m00......./s1. The molecule has 0 bridgehead atoms. The molecule has 0 aromatic heterocycles. The molecule has 2 aromatic rings. The minimum Gasteiger partial charge on any atom is -1.00 e. The molecule has 1 unspecified atom stereocenters. The summed E-state index contributed by atoms with van der Waals surface area (Å²) in [5, 5.41) is 11.3. The van der Waals surface area contributed by atoms with Gasteiger partial charge in [0.25, 0.3) is 0 Å². The fourth-order valence-electron chi connectivity index (χ4n) is 6.08. The topological polar surface area (TPSA) is 96.4 Å². The monoisotopic (exact) mass is 894 g/mol. The molecule has 3 atom stereocenters. The van der Waals surface area contributed by atoms with Gasteiger partial charge in [-0.05, 0) is 98.1 Å². The maximum absolute atomic E-state index is 12.5. The molecule has 2 aromatic carbocycles. The number of likely N-dealkylation sites (tertiary alicyclic amines) is 2. The van der Waals surface area contributed by atoms with E-state index >= 15 is 0 Å². The van der Waals surface area contributed by atoms with Crippen molar-refractivity contribution >= 4 is 91.1 Å². The maximum atomic E-state index is 12.5. The van der Waals surface area contributed by atoms with Crippen LogP contribution in [0.4, 0.5) is 9.59 Å². The molecule has 51 heavy (non-hydrogen) atoms. The molecule has 0 radical (unpaired) electrons. The van der Waals surface area contributed by atoms with Crippen molar-refractivity contribution in [2.45, 2.75) is 122 Å². The van der Waals surface area contributed by atoms with Gasteiger partial charge in [0, 0.05) is 13.1 Å². The van der Waals surface area contributed by atoms with E-state index in [2.05, 4.69) is 19.1 Å². The zero-order valence-corrected chi connectivity index (χ0v) is 39.4. The average molecular weight is 897 g/mol. The Balaban J connectivity index is -0.000000336. The number of aliphatic hydroxyl groups is 1. The molecule has 1 aliphatic carbocycles. The van der Waals surface area contributed by atoms with E-state index in [1.54, 1.807) is 4.90 Å². The SMILES string of the molecule is CC(=O)[C@@H]1CCCN1C(=O)OC(C)(C)C.CC(C)(C)OC(=O)N1CCC[C@H]1C1(O)CCc2ccccc21.S.S.[Br-].[Br-].[CH2-]Cc1[c-]cccc1.[Mg+2].[Mg+2]. The van der Waals surface area contributed by atoms with Crippen molar-refractivity contribution in [1.82, 2.24) is 9.80 Å². The molecule has 2 saturated heterocycles. The van der Waals surface area contributed by atoms with Gasteiger partial charge in [-0.2, -0.15) is 69.3 Å². The van der Waals surface area contributed by atoms with Crippen molar-refractivity contribution in [3.63, 3.8) is 0 Å². The van der Waals surface area contributed by atoms with Crippen molar-refractivity contribution in [1.29, 1.82) is 0 Å². The summed E-state index contributed by atoms with van der Waals surface area (Å²) in [5.74, 6) is 0.0401. The number of hydrogen-bond acceptors (Lipinski definition) is 6. The smallest absolute Gasteiger partial charge is 1.00 e. The first kappa shape index (κ1) is 57.5. The van der Waals surface area contributed by atoms with Crippen LogP contribution in [0.1, 0.15) is 97.3 Å². The van der Waals surface area contributed by atoms with Crippen molar-refractivity contribution in [2.75, 3.05) is 13.1 Å². The molecule has 5 rings (SSSR count). The van der Waals surface area contributed by atoms with Crippen molar-refractivity contribution in [3.05, 3.63) is 78.2 Å². The number of nitrogens with zero attached hydrogens (tertiary/aromatic N) is 2.